The highest BCUT2D eigenvalue weighted by Gasteiger charge is 2.45. The number of hydrogen-bond acceptors (Lipinski definition) is 10. The van der Waals surface area contributed by atoms with Gasteiger partial charge in [-0.2, -0.15) is 8.91 Å². The van der Waals surface area contributed by atoms with Crippen molar-refractivity contribution in [2.45, 2.75) is 110 Å². The number of carbonyl (C=O) groups excluding carboxylic acids is 1. The van der Waals surface area contributed by atoms with Gasteiger partial charge in [0.15, 0.2) is 5.71 Å². The molecule has 1 amide bonds. The minimum Gasteiger partial charge on any atom is -0.748 e. The fraction of sp³-hybridized carbons (Fsp3) is 0.500. The SMILES string of the molecule is CCN(C(=O)OC(C)(C)C)C1=C(/C=C/C2=[N+](CCCCS(=O)(=O)[O-])c3ccc(Cl)cc3C2(C)C)CC/C1=C\C=C1\N(CCCCSOO[O-])c2ccc(Cl)cc2C1(C)C. The van der Waals surface area contributed by atoms with E-state index in [1.54, 1.807) is 4.90 Å². The number of allylic oxidation sites excluding steroid dienone is 7. The molecule has 0 unspecified atom stereocenters. The van der Waals surface area contributed by atoms with Crippen LogP contribution in [0.3, 0.4) is 0 Å². The summed E-state index contributed by atoms with van der Waals surface area (Å²) in [5.74, 6) is 0.197. The van der Waals surface area contributed by atoms with E-state index in [-0.39, 0.29) is 11.8 Å². The number of anilines is 1. The Balaban J connectivity index is 1.59. The summed E-state index contributed by atoms with van der Waals surface area (Å²) in [6.07, 6.45) is 11.8. The lowest BCUT2D eigenvalue weighted by Crippen LogP contribution is -2.36. The van der Waals surface area contributed by atoms with Crippen LogP contribution in [0.2, 0.25) is 10.0 Å². The fourth-order valence-corrected chi connectivity index (χ4v) is 9.58. The molecule has 3 aliphatic rings. The summed E-state index contributed by atoms with van der Waals surface area (Å²) in [6.45, 7) is 17.8. The Morgan fingerprint density at radius 1 is 0.966 bits per heavy atom. The smallest absolute Gasteiger partial charge is 0.414 e. The topological polar surface area (TPSA) is 135 Å². The minimum absolute atomic E-state index is 0.251. The van der Waals surface area contributed by atoms with Crippen molar-refractivity contribution < 1.29 is 41.7 Å². The zero-order chi connectivity index (χ0) is 43.3. The zero-order valence-corrected chi connectivity index (χ0v) is 38.4. The van der Waals surface area contributed by atoms with E-state index < -0.39 is 33.0 Å². The van der Waals surface area contributed by atoms with Crippen LogP contribution in [0.25, 0.3) is 0 Å². The first kappa shape index (κ1) is 46.9. The quantitative estimate of drug-likeness (QED) is 0.0377. The molecule has 2 aromatic rings. The van der Waals surface area contributed by atoms with Crippen molar-refractivity contribution in [1.29, 1.82) is 0 Å². The van der Waals surface area contributed by atoms with Gasteiger partial charge in [-0.3, -0.25) is 9.94 Å². The molecule has 2 heterocycles. The van der Waals surface area contributed by atoms with Crippen molar-refractivity contribution in [1.82, 2.24) is 4.90 Å². The predicted octanol–water partition coefficient (Wildman–Crippen LogP) is 9.82. The van der Waals surface area contributed by atoms with Crippen LogP contribution in [0, 0.1) is 0 Å². The lowest BCUT2D eigenvalue weighted by molar-refractivity contribution is -0.777. The van der Waals surface area contributed by atoms with E-state index in [4.69, 9.17) is 27.9 Å². The second kappa shape index (κ2) is 19.3. The Morgan fingerprint density at radius 2 is 1.66 bits per heavy atom. The van der Waals surface area contributed by atoms with Gasteiger partial charge in [-0.1, -0.05) is 49.2 Å². The average molecular weight is 890 g/mol. The van der Waals surface area contributed by atoms with Crippen LogP contribution < -0.4 is 10.2 Å². The number of rotatable bonds is 17. The summed E-state index contributed by atoms with van der Waals surface area (Å²) in [7, 11) is -4.32. The number of carbonyl (C=O) groups is 1. The molecule has 2 aliphatic heterocycles. The number of halogens is 2. The highest BCUT2D eigenvalue weighted by Crippen LogP contribution is 2.49. The number of nitrogens with zero attached hydrogens (tertiary/aromatic N) is 3. The maximum Gasteiger partial charge on any atom is 0.414 e. The molecule has 15 heteroatoms. The maximum absolute atomic E-state index is 13.9. The van der Waals surface area contributed by atoms with Crippen LogP contribution in [0.5, 0.6) is 0 Å². The third kappa shape index (κ3) is 11.2. The van der Waals surface area contributed by atoms with Gasteiger partial charge in [-0.25, -0.2) is 13.2 Å². The number of unbranched alkanes of at least 4 members (excludes halogenated alkanes) is 2. The van der Waals surface area contributed by atoms with Gasteiger partial charge >= 0.3 is 6.09 Å². The molecule has 0 fully saturated rings. The first-order chi connectivity index (χ1) is 27.7. The normalized spacial score (nSPS) is 18.8. The fourth-order valence-electron chi connectivity index (χ4n) is 8.25. The van der Waals surface area contributed by atoms with Gasteiger partial charge in [0.25, 0.3) is 0 Å². The number of ether oxygens (including phenoxy) is 1. The van der Waals surface area contributed by atoms with E-state index in [1.165, 1.54) is 0 Å². The van der Waals surface area contributed by atoms with E-state index >= 15 is 0 Å². The first-order valence-electron chi connectivity index (χ1n) is 20.1. The van der Waals surface area contributed by atoms with E-state index in [0.717, 1.165) is 82.2 Å². The summed E-state index contributed by atoms with van der Waals surface area (Å²) in [5, 5.41) is 15.0. The molecule has 0 spiro atoms. The number of hydrogen-bond donors (Lipinski definition) is 0. The van der Waals surface area contributed by atoms with Gasteiger partial charge in [0.2, 0.25) is 5.69 Å². The van der Waals surface area contributed by atoms with E-state index in [0.29, 0.717) is 48.2 Å². The standard InChI is InChI=1S/C44H57Cl2N3O8S2/c1-9-47(41(50)55-42(2,3)4)40-30(16-22-38-43(5,6)34-28-32(45)18-20-36(34)48(38)24-10-12-26-58-57-56-51)14-15-31(40)17-23-39-44(7,8)35-29-33(46)19-21-37(35)49(39)25-11-13-27-59(52,53)54/h16-23,28-29H,9-15,24-27H2,1-8H3,(H-,51,52,53,54)/p-1. The molecule has 0 radical (unpaired) electrons. The van der Waals surface area contributed by atoms with Crippen LogP contribution in [0.15, 0.2) is 83.2 Å². The Morgan fingerprint density at radius 3 is 2.32 bits per heavy atom. The molecule has 2 aromatic carbocycles. The maximum atomic E-state index is 13.9. The first-order valence-corrected chi connectivity index (χ1v) is 23.3. The molecule has 0 saturated carbocycles. The molecule has 322 valence electrons. The molecule has 59 heavy (non-hydrogen) atoms. The van der Waals surface area contributed by atoms with Gasteiger partial charge in [0.1, 0.15) is 12.1 Å². The highest BCUT2D eigenvalue weighted by molar-refractivity contribution is 7.94. The Labute approximate surface area is 364 Å². The Bertz CT molecular complexity index is 2170. The Hall–Kier alpha value is -3.14. The van der Waals surface area contributed by atoms with Crippen molar-refractivity contribution >= 4 is 68.5 Å². The molecule has 0 N–H and O–H groups in total. The van der Waals surface area contributed by atoms with Gasteiger partial charge < -0.3 is 19.4 Å². The van der Waals surface area contributed by atoms with E-state index in [1.807, 2.05) is 58.0 Å². The molecular weight excluding hydrogens is 834 g/mol. The molecule has 0 bridgehead atoms. The summed E-state index contributed by atoms with van der Waals surface area (Å²) in [5.41, 5.74) is 7.58. The summed E-state index contributed by atoms with van der Waals surface area (Å²) >= 11 is 14.0. The summed E-state index contributed by atoms with van der Waals surface area (Å²) in [6, 6.07) is 11.8. The highest BCUT2D eigenvalue weighted by atomic mass is 35.5. The largest absolute Gasteiger partial charge is 0.748 e. The third-order valence-electron chi connectivity index (χ3n) is 11.0. The number of fused-ring (bicyclic) bond motifs is 2. The number of amides is 1. The Kier molecular flexibility index (Phi) is 15.3. The van der Waals surface area contributed by atoms with Crippen LogP contribution in [-0.4, -0.2) is 71.0 Å². The molecule has 11 nitrogen and oxygen atoms in total. The predicted molar refractivity (Wildman–Crippen MR) is 234 cm³/mol. The molecule has 1 aliphatic carbocycles. The van der Waals surface area contributed by atoms with Gasteiger partial charge in [-0.05, 0) is 127 Å². The van der Waals surface area contributed by atoms with Crippen molar-refractivity contribution in [3.8, 4) is 0 Å². The summed E-state index contributed by atoms with van der Waals surface area (Å²) in [4.78, 5) is 18.0. The second-order valence-corrected chi connectivity index (χ2v) is 20.2. The molecule has 0 saturated heterocycles. The number of benzene rings is 2. The average Bonchev–Trinajstić information content (AvgIpc) is 3.69. The summed E-state index contributed by atoms with van der Waals surface area (Å²) < 4.78 is 46.8. The lowest BCUT2D eigenvalue weighted by Gasteiger charge is -2.29. The van der Waals surface area contributed by atoms with Gasteiger partial charge in [-0.15, -0.1) is 0 Å². The van der Waals surface area contributed by atoms with Crippen LogP contribution in [0.4, 0.5) is 16.2 Å². The van der Waals surface area contributed by atoms with Crippen molar-refractivity contribution in [3.63, 3.8) is 0 Å². The van der Waals surface area contributed by atoms with Crippen LogP contribution in [0.1, 0.15) is 105 Å². The van der Waals surface area contributed by atoms with Crippen molar-refractivity contribution in [2.24, 2.45) is 0 Å². The number of likely N-dealkylation sites (N-methyl/N-ethyl adjacent to an activating group) is 1. The van der Waals surface area contributed by atoms with Crippen LogP contribution >= 0.6 is 35.2 Å². The third-order valence-corrected chi connectivity index (χ3v) is 12.9. The molecular formula is C44H56Cl2N3O8S2-. The van der Waals surface area contributed by atoms with Crippen molar-refractivity contribution in [2.75, 3.05) is 36.0 Å². The lowest BCUT2D eigenvalue weighted by atomic mass is 9.81. The molecule has 5 rings (SSSR count). The van der Waals surface area contributed by atoms with Gasteiger partial charge in [0.05, 0.1) is 21.2 Å². The van der Waals surface area contributed by atoms with E-state index in [9.17, 15) is 23.0 Å². The monoisotopic (exact) mass is 888 g/mol. The molecule has 0 aromatic heterocycles. The minimum atomic E-state index is -4.32. The van der Waals surface area contributed by atoms with Crippen LogP contribution in [-0.2, 0) is 35.1 Å². The molecule has 0 atom stereocenters. The van der Waals surface area contributed by atoms with Crippen molar-refractivity contribution in [3.05, 3.63) is 104 Å². The van der Waals surface area contributed by atoms with Gasteiger partial charge in [0, 0.05) is 87.6 Å². The zero-order valence-electron chi connectivity index (χ0n) is 35.2. The second-order valence-electron chi connectivity index (χ2n) is 17.1. The van der Waals surface area contributed by atoms with E-state index in [2.05, 4.69) is 76.9 Å².